The highest BCUT2D eigenvalue weighted by atomic mass is 32.2. The van der Waals surface area contributed by atoms with Gasteiger partial charge < -0.3 is 14.2 Å². The zero-order chi connectivity index (χ0) is 19.0. The van der Waals surface area contributed by atoms with Gasteiger partial charge in [-0.15, -0.1) is 0 Å². The van der Waals surface area contributed by atoms with Crippen LogP contribution in [0.1, 0.15) is 45.4 Å². The van der Waals surface area contributed by atoms with Crippen LogP contribution in [0, 0.1) is 23.2 Å². The zero-order valence-electron chi connectivity index (χ0n) is 16.4. The Labute approximate surface area is 171 Å². The minimum atomic E-state index is -0.244. The summed E-state index contributed by atoms with van der Waals surface area (Å²) in [5, 5.41) is 0. The Morgan fingerprint density at radius 2 is 2.15 bits per heavy atom. The van der Waals surface area contributed by atoms with Crippen LogP contribution in [0.25, 0.3) is 0 Å². The summed E-state index contributed by atoms with van der Waals surface area (Å²) in [5.41, 5.74) is 0.198. The van der Waals surface area contributed by atoms with E-state index in [-0.39, 0.29) is 29.3 Å². The molecule has 0 aromatic rings. The van der Waals surface area contributed by atoms with Crippen molar-refractivity contribution in [3.05, 3.63) is 0 Å². The van der Waals surface area contributed by atoms with Crippen molar-refractivity contribution < 1.29 is 19.0 Å². The third-order valence-electron chi connectivity index (χ3n) is 7.36. The Hall–Kier alpha value is -0.370. The largest absolute Gasteiger partial charge is 0.474 e. The minimum Gasteiger partial charge on any atom is -0.474 e. The van der Waals surface area contributed by atoms with Gasteiger partial charge in [-0.1, -0.05) is 24.6 Å². The lowest BCUT2D eigenvalue weighted by molar-refractivity contribution is -0.237. The molecule has 4 rings (SSSR count). The van der Waals surface area contributed by atoms with Crippen LogP contribution in [-0.4, -0.2) is 60.1 Å². The average Bonchev–Trinajstić information content (AvgIpc) is 2.68. The molecule has 5 nitrogen and oxygen atoms in total. The van der Waals surface area contributed by atoms with Crippen LogP contribution in [0.3, 0.4) is 0 Å². The van der Waals surface area contributed by atoms with Gasteiger partial charge in [-0.2, -0.15) is 0 Å². The number of carbonyl (C=O) groups excluding carboxylic acids is 1. The Balaban J connectivity index is 1.77. The summed E-state index contributed by atoms with van der Waals surface area (Å²) in [7, 11) is 0. The predicted molar refractivity (Wildman–Crippen MR) is 110 cm³/mol. The standard InChI is InChI=1S/C20H31NO4S2/c1-3-24-18(22)15-14-7-4-5-8-20(14)9-6-10-21-12-23-11-13(17(20)21)16(15)25-19(26)27-2/h13-17H,3-12H2,1-2H3/t13-,14-,15-,16?,17+,20-/m1/s1. The van der Waals surface area contributed by atoms with Crippen molar-refractivity contribution in [3.63, 3.8) is 0 Å². The van der Waals surface area contributed by atoms with Crippen LogP contribution < -0.4 is 0 Å². The first-order valence-corrected chi connectivity index (χ1v) is 12.0. The van der Waals surface area contributed by atoms with Gasteiger partial charge in [-0.25, -0.2) is 0 Å². The summed E-state index contributed by atoms with van der Waals surface area (Å²) >= 11 is 6.85. The number of rotatable bonds is 3. The third kappa shape index (κ3) is 3.32. The number of ether oxygens (including phenoxy) is 3. The highest BCUT2D eigenvalue weighted by Gasteiger charge is 2.65. The molecule has 6 atom stereocenters. The summed E-state index contributed by atoms with van der Waals surface area (Å²) in [5.74, 6) is 0.159. The Kier molecular flexibility index (Phi) is 6.03. The molecule has 4 fully saturated rings. The molecular formula is C20H31NO4S2. The van der Waals surface area contributed by atoms with Gasteiger partial charge in [0, 0.05) is 18.5 Å². The maximum Gasteiger partial charge on any atom is 0.313 e. The van der Waals surface area contributed by atoms with Gasteiger partial charge in [0.05, 0.1) is 25.9 Å². The molecule has 7 heteroatoms. The van der Waals surface area contributed by atoms with Gasteiger partial charge in [0.25, 0.3) is 0 Å². The Morgan fingerprint density at radius 1 is 1.33 bits per heavy atom. The summed E-state index contributed by atoms with van der Waals surface area (Å²) < 4.78 is 18.4. The van der Waals surface area contributed by atoms with Gasteiger partial charge in [0.2, 0.25) is 4.38 Å². The molecule has 0 radical (unpaired) electrons. The van der Waals surface area contributed by atoms with Crippen molar-refractivity contribution >= 4 is 34.3 Å². The Morgan fingerprint density at radius 3 is 2.93 bits per heavy atom. The molecule has 0 aromatic heterocycles. The van der Waals surface area contributed by atoms with Crippen LogP contribution in [0.15, 0.2) is 0 Å². The van der Waals surface area contributed by atoms with Crippen molar-refractivity contribution in [1.82, 2.24) is 4.90 Å². The van der Waals surface area contributed by atoms with E-state index in [0.29, 0.717) is 36.3 Å². The molecule has 0 bridgehead atoms. The molecule has 2 aliphatic heterocycles. The second-order valence-electron chi connectivity index (χ2n) is 8.42. The van der Waals surface area contributed by atoms with E-state index in [1.54, 1.807) is 0 Å². The van der Waals surface area contributed by atoms with Gasteiger partial charge in [-0.3, -0.25) is 9.69 Å². The monoisotopic (exact) mass is 413 g/mol. The van der Waals surface area contributed by atoms with E-state index in [2.05, 4.69) is 4.90 Å². The number of hydrogen-bond acceptors (Lipinski definition) is 7. The molecule has 2 heterocycles. The average molecular weight is 414 g/mol. The number of piperidine rings is 1. The summed E-state index contributed by atoms with van der Waals surface area (Å²) in [6, 6.07) is 0.436. The van der Waals surface area contributed by atoms with E-state index in [4.69, 9.17) is 26.4 Å². The molecule has 1 unspecified atom stereocenters. The van der Waals surface area contributed by atoms with E-state index in [9.17, 15) is 4.79 Å². The van der Waals surface area contributed by atoms with Gasteiger partial charge >= 0.3 is 5.97 Å². The molecule has 27 heavy (non-hydrogen) atoms. The number of esters is 1. The van der Waals surface area contributed by atoms with Crippen molar-refractivity contribution in [2.45, 2.75) is 57.6 Å². The number of thiocarbonyl (C=S) groups is 1. The lowest BCUT2D eigenvalue weighted by Crippen LogP contribution is -2.71. The molecule has 0 N–H and O–H groups in total. The van der Waals surface area contributed by atoms with Crippen molar-refractivity contribution in [1.29, 1.82) is 0 Å². The third-order valence-corrected chi connectivity index (χ3v) is 8.38. The van der Waals surface area contributed by atoms with Gasteiger partial charge in [-0.05, 0) is 62.4 Å². The van der Waals surface area contributed by atoms with E-state index >= 15 is 0 Å². The molecule has 0 aromatic carbocycles. The number of carbonyl (C=O) groups is 1. The highest BCUT2D eigenvalue weighted by molar-refractivity contribution is 8.22. The SMILES string of the molecule is CCOC(=O)[C@H]1C(OC(=S)SC)[C@H]2COCN3CCC[C@@]4(CCCC[C@H]14)[C@H]23. The minimum absolute atomic E-state index is 0.0983. The van der Waals surface area contributed by atoms with Crippen molar-refractivity contribution in [2.75, 3.05) is 32.7 Å². The van der Waals surface area contributed by atoms with E-state index in [0.717, 1.165) is 13.0 Å². The first-order chi connectivity index (χ1) is 13.1. The molecule has 0 amide bonds. The fraction of sp³-hybridized carbons (Fsp3) is 0.900. The molecule has 2 saturated carbocycles. The summed E-state index contributed by atoms with van der Waals surface area (Å²) in [6.45, 7) is 4.73. The van der Waals surface area contributed by atoms with Gasteiger partial charge in [0.15, 0.2) is 0 Å². The van der Waals surface area contributed by atoms with Crippen molar-refractivity contribution in [2.24, 2.45) is 23.2 Å². The van der Waals surface area contributed by atoms with E-state index in [1.807, 2.05) is 13.2 Å². The van der Waals surface area contributed by atoms with Crippen LogP contribution in [0.2, 0.25) is 0 Å². The molecule has 2 aliphatic carbocycles. The predicted octanol–water partition coefficient (Wildman–Crippen LogP) is 3.46. The highest BCUT2D eigenvalue weighted by Crippen LogP contribution is 2.61. The van der Waals surface area contributed by atoms with Crippen LogP contribution in [0.4, 0.5) is 0 Å². The van der Waals surface area contributed by atoms with E-state index in [1.165, 1.54) is 43.9 Å². The quantitative estimate of drug-likeness (QED) is 0.519. The maximum atomic E-state index is 13.2. The van der Waals surface area contributed by atoms with Crippen LogP contribution in [0.5, 0.6) is 0 Å². The lowest BCUT2D eigenvalue weighted by atomic mass is 9.47. The van der Waals surface area contributed by atoms with E-state index < -0.39 is 0 Å². The second-order valence-corrected chi connectivity index (χ2v) is 9.83. The number of hydrogen-bond donors (Lipinski definition) is 0. The van der Waals surface area contributed by atoms with Crippen LogP contribution in [-0.2, 0) is 19.0 Å². The number of nitrogens with zero attached hydrogens (tertiary/aromatic N) is 1. The maximum absolute atomic E-state index is 13.2. The van der Waals surface area contributed by atoms with Crippen LogP contribution >= 0.6 is 24.0 Å². The Bertz CT molecular complexity index is 582. The fourth-order valence-electron chi connectivity index (χ4n) is 6.63. The summed E-state index contributed by atoms with van der Waals surface area (Å²) in [4.78, 5) is 15.7. The number of thioether (sulfide) groups is 1. The topological polar surface area (TPSA) is 48.0 Å². The molecule has 152 valence electrons. The first-order valence-electron chi connectivity index (χ1n) is 10.4. The smallest absolute Gasteiger partial charge is 0.313 e. The van der Waals surface area contributed by atoms with Gasteiger partial charge in [0.1, 0.15) is 6.10 Å². The molecule has 2 saturated heterocycles. The molecule has 1 spiro atoms. The second kappa shape index (κ2) is 8.17. The molecular weight excluding hydrogens is 382 g/mol. The fourth-order valence-corrected chi connectivity index (χ4v) is 6.95. The lowest BCUT2D eigenvalue weighted by Gasteiger charge is -2.65. The zero-order valence-corrected chi connectivity index (χ0v) is 18.0. The summed E-state index contributed by atoms with van der Waals surface area (Å²) in [6.07, 6.45) is 8.84. The normalized spacial score (nSPS) is 41.2. The first kappa shape index (κ1) is 19.9. The molecule has 4 aliphatic rings. The van der Waals surface area contributed by atoms with Crippen molar-refractivity contribution in [3.8, 4) is 0 Å².